The van der Waals surface area contributed by atoms with E-state index >= 15 is 0 Å². The zero-order valence-corrected chi connectivity index (χ0v) is 10.7. The van der Waals surface area contributed by atoms with Gasteiger partial charge in [0.2, 0.25) is 5.91 Å². The second-order valence-corrected chi connectivity index (χ2v) is 4.12. The Balaban J connectivity index is 2.75. The van der Waals surface area contributed by atoms with Crippen LogP contribution < -0.4 is 21.7 Å². The number of thiocarbonyl (C=S) groups is 1. The zero-order valence-electron chi connectivity index (χ0n) is 9.84. The molecule has 0 spiro atoms. The minimum atomic E-state index is -0.870. The molecule has 0 aliphatic heterocycles. The van der Waals surface area contributed by atoms with Crippen LogP contribution in [0.2, 0.25) is 0 Å². The van der Waals surface area contributed by atoms with E-state index in [4.69, 9.17) is 23.7 Å². The largest absolute Gasteiger partial charge is 0.389 e. The lowest BCUT2D eigenvalue weighted by Crippen LogP contribution is -2.41. The van der Waals surface area contributed by atoms with Gasteiger partial charge in [0.1, 0.15) is 4.99 Å². The molecule has 3 amide bonds. The Morgan fingerprint density at radius 2 is 2.06 bits per heavy atom. The summed E-state index contributed by atoms with van der Waals surface area (Å²) in [6.07, 6.45) is 0. The molecule has 1 rings (SSSR count). The molecule has 0 aliphatic carbocycles. The van der Waals surface area contributed by atoms with Crippen LogP contribution in [0.5, 0.6) is 0 Å². The lowest BCUT2D eigenvalue weighted by atomic mass is 10.2. The number of urea groups is 1. The second kappa shape index (κ2) is 5.97. The number of nitrogens with two attached hydrogens (primary N) is 2. The summed E-state index contributed by atoms with van der Waals surface area (Å²) in [6.45, 7) is 0.00370. The van der Waals surface area contributed by atoms with Crippen LogP contribution in [0, 0.1) is 0 Å². The van der Waals surface area contributed by atoms with Crippen LogP contribution >= 0.6 is 12.2 Å². The fourth-order valence-corrected chi connectivity index (χ4v) is 1.51. The Morgan fingerprint density at radius 3 is 2.61 bits per heavy atom. The van der Waals surface area contributed by atoms with E-state index in [-0.39, 0.29) is 11.5 Å². The summed E-state index contributed by atoms with van der Waals surface area (Å²) in [4.78, 5) is 23.8. The van der Waals surface area contributed by atoms with Crippen molar-refractivity contribution in [3.63, 3.8) is 0 Å². The number of rotatable bonds is 4. The number of hydrogen-bond donors (Lipinski definition) is 3. The highest BCUT2D eigenvalue weighted by Crippen LogP contribution is 2.14. The number of benzene rings is 1. The summed E-state index contributed by atoms with van der Waals surface area (Å²) >= 11 is 4.87. The van der Waals surface area contributed by atoms with Crippen molar-refractivity contribution >= 4 is 34.8 Å². The van der Waals surface area contributed by atoms with Crippen molar-refractivity contribution in [3.8, 4) is 0 Å². The topological polar surface area (TPSA) is 101 Å². The first-order valence-electron chi connectivity index (χ1n) is 5.10. The van der Waals surface area contributed by atoms with Crippen LogP contribution in [0.1, 0.15) is 5.56 Å². The van der Waals surface area contributed by atoms with E-state index in [2.05, 4.69) is 0 Å². The molecular weight excluding hydrogens is 252 g/mol. The van der Waals surface area contributed by atoms with Gasteiger partial charge in [-0.25, -0.2) is 4.79 Å². The molecular formula is C11H14N4O2S. The molecule has 0 bridgehead atoms. The van der Waals surface area contributed by atoms with E-state index in [9.17, 15) is 9.59 Å². The van der Waals surface area contributed by atoms with Gasteiger partial charge in [-0.3, -0.25) is 10.1 Å². The molecule has 1 aromatic carbocycles. The molecule has 0 unspecified atom stereocenters. The third-order valence-electron chi connectivity index (χ3n) is 2.21. The molecule has 0 heterocycles. The highest BCUT2D eigenvalue weighted by Gasteiger charge is 2.09. The lowest BCUT2D eigenvalue weighted by Gasteiger charge is -2.18. The van der Waals surface area contributed by atoms with Gasteiger partial charge in [0.15, 0.2) is 0 Å². The number of carbonyl (C=O) groups excluding carboxylic acids is 2. The summed E-state index contributed by atoms with van der Waals surface area (Å²) in [6, 6.07) is 6.26. The first-order valence-corrected chi connectivity index (χ1v) is 5.51. The van der Waals surface area contributed by atoms with E-state index in [1.807, 2.05) is 5.32 Å². The Labute approximate surface area is 110 Å². The van der Waals surface area contributed by atoms with Crippen molar-refractivity contribution in [2.24, 2.45) is 11.5 Å². The third-order valence-corrected chi connectivity index (χ3v) is 2.45. The van der Waals surface area contributed by atoms with Gasteiger partial charge in [-0.15, -0.1) is 0 Å². The highest BCUT2D eigenvalue weighted by molar-refractivity contribution is 7.80. The zero-order chi connectivity index (χ0) is 13.7. The molecule has 0 atom stereocenters. The quantitative estimate of drug-likeness (QED) is 0.663. The maximum Gasteiger partial charge on any atom is 0.318 e. The predicted octanol–water partition coefficient (Wildman–Crippen LogP) is -0.0481. The first kappa shape index (κ1) is 13.9. The van der Waals surface area contributed by atoms with Crippen molar-refractivity contribution < 1.29 is 9.59 Å². The van der Waals surface area contributed by atoms with Crippen LogP contribution in [0.25, 0.3) is 0 Å². The third kappa shape index (κ3) is 4.02. The van der Waals surface area contributed by atoms with Crippen LogP contribution in [-0.2, 0) is 4.79 Å². The van der Waals surface area contributed by atoms with Gasteiger partial charge >= 0.3 is 6.03 Å². The van der Waals surface area contributed by atoms with Gasteiger partial charge in [0, 0.05) is 18.3 Å². The fourth-order valence-electron chi connectivity index (χ4n) is 1.38. The Morgan fingerprint density at radius 1 is 1.39 bits per heavy atom. The van der Waals surface area contributed by atoms with Crippen LogP contribution in [0.3, 0.4) is 0 Å². The molecule has 0 fully saturated rings. The van der Waals surface area contributed by atoms with Gasteiger partial charge in [-0.1, -0.05) is 24.4 Å². The highest BCUT2D eigenvalue weighted by atomic mass is 32.1. The number of likely N-dealkylation sites (N-methyl/N-ethyl adjacent to an activating group) is 1. The Hall–Kier alpha value is -2.15. The van der Waals surface area contributed by atoms with Gasteiger partial charge in [0.05, 0.1) is 6.54 Å². The standard InChI is InChI=1S/C11H14N4O2S/c1-15(6-9(16)14-11(13)17)8-4-2-3-7(5-8)10(12)18/h2-5H,6H2,1H3,(H2,12,18)(H3,13,14,16,17). The van der Waals surface area contributed by atoms with E-state index in [1.54, 1.807) is 36.2 Å². The minimum Gasteiger partial charge on any atom is -0.389 e. The molecule has 0 saturated heterocycles. The van der Waals surface area contributed by atoms with Crippen molar-refractivity contribution in [2.45, 2.75) is 0 Å². The Bertz CT molecular complexity index is 490. The van der Waals surface area contributed by atoms with Crippen molar-refractivity contribution in [1.29, 1.82) is 0 Å². The fraction of sp³-hybridized carbons (Fsp3) is 0.182. The maximum atomic E-state index is 11.4. The number of anilines is 1. The Kier molecular flexibility index (Phi) is 4.61. The first-order chi connectivity index (χ1) is 8.40. The summed E-state index contributed by atoms with van der Waals surface area (Å²) < 4.78 is 0. The van der Waals surface area contributed by atoms with Crippen molar-refractivity contribution in [3.05, 3.63) is 29.8 Å². The molecule has 0 radical (unpaired) electrons. The van der Waals surface area contributed by atoms with E-state index in [0.29, 0.717) is 5.56 Å². The summed E-state index contributed by atoms with van der Waals surface area (Å²) in [5, 5.41) is 1.99. The number of imide groups is 1. The van der Waals surface area contributed by atoms with Gasteiger partial charge < -0.3 is 16.4 Å². The van der Waals surface area contributed by atoms with Gasteiger partial charge in [-0.05, 0) is 12.1 Å². The van der Waals surface area contributed by atoms with E-state index in [0.717, 1.165) is 5.69 Å². The average molecular weight is 266 g/mol. The normalized spacial score (nSPS) is 9.61. The number of hydrogen-bond acceptors (Lipinski definition) is 4. The van der Waals surface area contributed by atoms with E-state index < -0.39 is 11.9 Å². The predicted molar refractivity (Wildman–Crippen MR) is 73.3 cm³/mol. The van der Waals surface area contributed by atoms with E-state index in [1.165, 1.54) is 0 Å². The number of nitrogens with one attached hydrogen (secondary N) is 1. The monoisotopic (exact) mass is 266 g/mol. The molecule has 5 N–H and O–H groups in total. The van der Waals surface area contributed by atoms with Crippen molar-refractivity contribution in [2.75, 3.05) is 18.5 Å². The maximum absolute atomic E-state index is 11.4. The molecule has 6 nitrogen and oxygen atoms in total. The van der Waals surface area contributed by atoms with Crippen LogP contribution in [-0.4, -0.2) is 30.5 Å². The molecule has 96 valence electrons. The molecule has 1 aromatic rings. The summed E-state index contributed by atoms with van der Waals surface area (Å²) in [5.74, 6) is -0.481. The van der Waals surface area contributed by atoms with Crippen LogP contribution in [0.4, 0.5) is 10.5 Å². The number of amides is 3. The SMILES string of the molecule is CN(CC(=O)NC(N)=O)c1cccc(C(N)=S)c1. The summed E-state index contributed by atoms with van der Waals surface area (Å²) in [7, 11) is 1.71. The lowest BCUT2D eigenvalue weighted by molar-refractivity contribution is -0.118. The number of carbonyl (C=O) groups is 2. The van der Waals surface area contributed by atoms with Crippen LogP contribution in [0.15, 0.2) is 24.3 Å². The molecule has 7 heteroatoms. The molecule has 18 heavy (non-hydrogen) atoms. The number of nitrogens with zero attached hydrogens (tertiary/aromatic N) is 1. The number of primary amides is 1. The summed E-state index contributed by atoms with van der Waals surface area (Å²) in [5.41, 5.74) is 11.8. The van der Waals surface area contributed by atoms with Gasteiger partial charge in [-0.2, -0.15) is 0 Å². The minimum absolute atomic E-state index is 0.00370. The smallest absolute Gasteiger partial charge is 0.318 e. The average Bonchev–Trinajstić information content (AvgIpc) is 2.27. The molecule has 0 saturated carbocycles. The molecule has 0 aliphatic rings. The van der Waals surface area contributed by atoms with Gasteiger partial charge in [0.25, 0.3) is 0 Å². The molecule has 0 aromatic heterocycles. The second-order valence-electron chi connectivity index (χ2n) is 3.68. The van der Waals surface area contributed by atoms with Crippen molar-refractivity contribution in [1.82, 2.24) is 5.32 Å².